The van der Waals surface area contributed by atoms with Crippen LogP contribution in [0.3, 0.4) is 0 Å². The molecule has 1 unspecified atom stereocenters. The van der Waals surface area contributed by atoms with Crippen LogP contribution in [0.4, 0.5) is 0 Å². The number of hydrogen-bond donors (Lipinski definition) is 0. The topological polar surface area (TPSA) is 12.5 Å². The standard InChI is InChI=1S/C19H23NO/c1-15-7-6-8-16(2)18(15)19(17-9-4-3-5-10-17)20-11-13-21-14-12-20/h3-10,19H,11-14H2,1-2H3. The number of nitrogens with zero attached hydrogens (tertiary/aromatic N) is 1. The zero-order valence-electron chi connectivity index (χ0n) is 12.9. The first-order chi connectivity index (χ1) is 10.3. The van der Waals surface area contributed by atoms with Crippen LogP contribution in [-0.4, -0.2) is 31.2 Å². The van der Waals surface area contributed by atoms with Crippen LogP contribution in [0, 0.1) is 13.8 Å². The lowest BCUT2D eigenvalue weighted by Gasteiger charge is -2.36. The lowest BCUT2D eigenvalue weighted by Crippen LogP contribution is -2.40. The van der Waals surface area contributed by atoms with E-state index < -0.39 is 0 Å². The van der Waals surface area contributed by atoms with Gasteiger partial charge in [0.25, 0.3) is 0 Å². The molecule has 1 saturated heterocycles. The zero-order valence-corrected chi connectivity index (χ0v) is 12.9. The van der Waals surface area contributed by atoms with E-state index in [2.05, 4.69) is 67.3 Å². The first-order valence-electron chi connectivity index (χ1n) is 7.70. The Morgan fingerprint density at radius 1 is 0.857 bits per heavy atom. The molecule has 0 saturated carbocycles. The number of hydrogen-bond acceptors (Lipinski definition) is 2. The number of rotatable bonds is 3. The first-order valence-corrected chi connectivity index (χ1v) is 7.70. The Balaban J connectivity index is 2.07. The van der Waals surface area contributed by atoms with Gasteiger partial charge in [0.05, 0.1) is 19.3 Å². The van der Waals surface area contributed by atoms with Crippen molar-refractivity contribution in [2.75, 3.05) is 26.3 Å². The van der Waals surface area contributed by atoms with Crippen LogP contribution in [-0.2, 0) is 4.74 Å². The Labute approximate surface area is 127 Å². The van der Waals surface area contributed by atoms with E-state index in [1.165, 1.54) is 22.3 Å². The molecule has 0 amide bonds. The van der Waals surface area contributed by atoms with Gasteiger partial charge in [-0.2, -0.15) is 0 Å². The summed E-state index contributed by atoms with van der Waals surface area (Å²) in [7, 11) is 0. The van der Waals surface area contributed by atoms with Gasteiger partial charge in [0, 0.05) is 13.1 Å². The lowest BCUT2D eigenvalue weighted by atomic mass is 9.90. The van der Waals surface area contributed by atoms with Crippen molar-refractivity contribution in [3.05, 3.63) is 70.8 Å². The molecule has 1 aliphatic rings. The summed E-state index contributed by atoms with van der Waals surface area (Å²) in [6.45, 7) is 8.08. The quantitative estimate of drug-likeness (QED) is 0.850. The van der Waals surface area contributed by atoms with Gasteiger partial charge in [0.2, 0.25) is 0 Å². The summed E-state index contributed by atoms with van der Waals surface area (Å²) < 4.78 is 5.54. The van der Waals surface area contributed by atoms with Gasteiger partial charge < -0.3 is 4.74 Å². The predicted molar refractivity (Wildman–Crippen MR) is 86.6 cm³/mol. The SMILES string of the molecule is Cc1cccc(C)c1C(c1ccccc1)N1CCOCC1. The van der Waals surface area contributed by atoms with E-state index in [9.17, 15) is 0 Å². The van der Waals surface area contributed by atoms with Crippen molar-refractivity contribution in [1.82, 2.24) is 4.90 Å². The fourth-order valence-corrected chi connectivity index (χ4v) is 3.29. The lowest BCUT2D eigenvalue weighted by molar-refractivity contribution is 0.0237. The first kappa shape index (κ1) is 14.3. The highest BCUT2D eigenvalue weighted by molar-refractivity contribution is 5.42. The highest BCUT2D eigenvalue weighted by Crippen LogP contribution is 2.33. The fraction of sp³-hybridized carbons (Fsp3) is 0.368. The predicted octanol–water partition coefficient (Wildman–Crippen LogP) is 3.73. The van der Waals surface area contributed by atoms with Gasteiger partial charge in [-0.3, -0.25) is 4.90 Å². The van der Waals surface area contributed by atoms with Crippen LogP contribution in [0.2, 0.25) is 0 Å². The molecule has 2 nitrogen and oxygen atoms in total. The van der Waals surface area contributed by atoms with Crippen molar-refractivity contribution in [2.45, 2.75) is 19.9 Å². The third-order valence-corrected chi connectivity index (χ3v) is 4.34. The maximum atomic E-state index is 5.54. The Hall–Kier alpha value is -1.64. The second kappa shape index (κ2) is 6.42. The largest absolute Gasteiger partial charge is 0.379 e. The molecule has 2 aromatic rings. The molecule has 0 spiro atoms. The van der Waals surface area contributed by atoms with Crippen LogP contribution in [0.5, 0.6) is 0 Å². The van der Waals surface area contributed by atoms with E-state index in [0.29, 0.717) is 6.04 Å². The summed E-state index contributed by atoms with van der Waals surface area (Å²) in [5, 5.41) is 0. The molecule has 1 atom stereocenters. The molecule has 2 heteroatoms. The molecule has 0 aromatic heterocycles. The maximum Gasteiger partial charge on any atom is 0.0608 e. The molecule has 3 rings (SSSR count). The molecule has 0 aliphatic carbocycles. The van der Waals surface area contributed by atoms with E-state index in [0.717, 1.165) is 26.3 Å². The van der Waals surface area contributed by atoms with Crippen LogP contribution < -0.4 is 0 Å². The van der Waals surface area contributed by atoms with Gasteiger partial charge in [-0.15, -0.1) is 0 Å². The number of aryl methyl sites for hydroxylation is 2. The summed E-state index contributed by atoms with van der Waals surface area (Å²) in [4.78, 5) is 2.55. The van der Waals surface area contributed by atoms with E-state index in [-0.39, 0.29) is 0 Å². The van der Waals surface area contributed by atoms with Crippen molar-refractivity contribution < 1.29 is 4.74 Å². The minimum atomic E-state index is 0.330. The van der Waals surface area contributed by atoms with Crippen molar-refractivity contribution in [2.24, 2.45) is 0 Å². The molecule has 0 radical (unpaired) electrons. The highest BCUT2D eigenvalue weighted by atomic mass is 16.5. The Morgan fingerprint density at radius 2 is 1.48 bits per heavy atom. The third-order valence-electron chi connectivity index (χ3n) is 4.34. The molecular formula is C19H23NO. The number of benzene rings is 2. The second-order valence-corrected chi connectivity index (χ2v) is 5.77. The molecule has 1 fully saturated rings. The summed E-state index contributed by atoms with van der Waals surface area (Å²) in [6.07, 6.45) is 0. The van der Waals surface area contributed by atoms with Gasteiger partial charge in [-0.25, -0.2) is 0 Å². The summed E-state index contributed by atoms with van der Waals surface area (Å²) >= 11 is 0. The van der Waals surface area contributed by atoms with E-state index >= 15 is 0 Å². The number of morpholine rings is 1. The van der Waals surface area contributed by atoms with E-state index in [1.54, 1.807) is 0 Å². The van der Waals surface area contributed by atoms with Crippen molar-refractivity contribution in [1.29, 1.82) is 0 Å². The molecule has 1 aliphatic heterocycles. The van der Waals surface area contributed by atoms with Crippen LogP contribution in [0.15, 0.2) is 48.5 Å². The van der Waals surface area contributed by atoms with Crippen LogP contribution >= 0.6 is 0 Å². The van der Waals surface area contributed by atoms with E-state index in [1.807, 2.05) is 0 Å². The van der Waals surface area contributed by atoms with Crippen LogP contribution in [0.25, 0.3) is 0 Å². The van der Waals surface area contributed by atoms with Crippen LogP contribution in [0.1, 0.15) is 28.3 Å². The Morgan fingerprint density at radius 3 is 2.10 bits per heavy atom. The summed E-state index contributed by atoms with van der Waals surface area (Å²) in [6, 6.07) is 17.8. The Kier molecular flexibility index (Phi) is 4.37. The second-order valence-electron chi connectivity index (χ2n) is 5.77. The molecule has 2 aromatic carbocycles. The smallest absolute Gasteiger partial charge is 0.0608 e. The van der Waals surface area contributed by atoms with Gasteiger partial charge in [-0.1, -0.05) is 48.5 Å². The summed E-state index contributed by atoms with van der Waals surface area (Å²) in [5.74, 6) is 0. The molecule has 0 bridgehead atoms. The average Bonchev–Trinajstić information content (AvgIpc) is 2.53. The van der Waals surface area contributed by atoms with E-state index in [4.69, 9.17) is 4.74 Å². The normalized spacial score (nSPS) is 17.6. The maximum absolute atomic E-state index is 5.54. The van der Waals surface area contributed by atoms with Crippen molar-refractivity contribution >= 4 is 0 Å². The van der Waals surface area contributed by atoms with Gasteiger partial charge >= 0.3 is 0 Å². The number of ether oxygens (including phenoxy) is 1. The molecule has 110 valence electrons. The third kappa shape index (κ3) is 3.02. The Bertz CT molecular complexity index is 568. The molecule has 0 N–H and O–H groups in total. The molecule has 21 heavy (non-hydrogen) atoms. The minimum absolute atomic E-state index is 0.330. The minimum Gasteiger partial charge on any atom is -0.379 e. The monoisotopic (exact) mass is 281 g/mol. The zero-order chi connectivity index (χ0) is 14.7. The average molecular weight is 281 g/mol. The highest BCUT2D eigenvalue weighted by Gasteiger charge is 2.26. The van der Waals surface area contributed by atoms with Gasteiger partial charge in [0.1, 0.15) is 0 Å². The molecular weight excluding hydrogens is 258 g/mol. The molecule has 1 heterocycles. The van der Waals surface area contributed by atoms with Crippen molar-refractivity contribution in [3.63, 3.8) is 0 Å². The van der Waals surface area contributed by atoms with Gasteiger partial charge in [-0.05, 0) is 36.1 Å². The van der Waals surface area contributed by atoms with Crippen molar-refractivity contribution in [3.8, 4) is 0 Å². The van der Waals surface area contributed by atoms with Gasteiger partial charge in [0.15, 0.2) is 0 Å². The fourth-order valence-electron chi connectivity index (χ4n) is 3.29. The summed E-state index contributed by atoms with van der Waals surface area (Å²) in [5.41, 5.74) is 5.56.